The Hall–Kier alpha value is -2.37. The van der Waals surface area contributed by atoms with Crippen molar-refractivity contribution in [2.75, 3.05) is 6.54 Å². The average Bonchev–Trinajstić information content (AvgIpc) is 2.93. The maximum atomic E-state index is 12.4. The van der Waals surface area contributed by atoms with E-state index in [1.54, 1.807) is 0 Å². The first-order chi connectivity index (χ1) is 12.0. The highest BCUT2D eigenvalue weighted by Crippen LogP contribution is 2.11. The molecule has 0 aromatic carbocycles. The van der Waals surface area contributed by atoms with Gasteiger partial charge < -0.3 is 10.6 Å². The van der Waals surface area contributed by atoms with E-state index in [1.807, 2.05) is 42.6 Å². The van der Waals surface area contributed by atoms with Crippen LogP contribution >= 0.6 is 0 Å². The minimum Gasteiger partial charge on any atom is -0.354 e. The summed E-state index contributed by atoms with van der Waals surface area (Å²) < 4.78 is 1.81. The third-order valence-electron chi connectivity index (χ3n) is 4.31. The normalized spacial score (nSPS) is 12.1. The summed E-state index contributed by atoms with van der Waals surface area (Å²) in [5.41, 5.74) is 2.09. The molecular formula is C19H28N4O2. The average molecular weight is 344 g/mol. The number of imidazole rings is 1. The summed E-state index contributed by atoms with van der Waals surface area (Å²) in [4.78, 5) is 28.5. The predicted octanol–water partition coefficient (Wildman–Crippen LogP) is 2.85. The van der Waals surface area contributed by atoms with Gasteiger partial charge in [0.2, 0.25) is 5.91 Å². The zero-order valence-corrected chi connectivity index (χ0v) is 15.3. The van der Waals surface area contributed by atoms with Crippen LogP contribution in [-0.2, 0) is 4.79 Å². The third kappa shape index (κ3) is 5.31. The Labute approximate surface area is 149 Å². The van der Waals surface area contributed by atoms with E-state index >= 15 is 0 Å². The number of aromatic nitrogens is 2. The van der Waals surface area contributed by atoms with Crippen molar-refractivity contribution in [3.05, 3.63) is 35.8 Å². The second kappa shape index (κ2) is 9.20. The Morgan fingerprint density at radius 3 is 2.80 bits per heavy atom. The number of carbonyl (C=O) groups excluding carboxylic acids is 2. The van der Waals surface area contributed by atoms with E-state index in [-0.39, 0.29) is 17.9 Å². The molecular weight excluding hydrogens is 316 g/mol. The van der Waals surface area contributed by atoms with Crippen LogP contribution in [0.4, 0.5) is 0 Å². The Morgan fingerprint density at radius 1 is 1.24 bits per heavy atom. The molecule has 0 aliphatic rings. The topological polar surface area (TPSA) is 75.5 Å². The molecule has 0 fully saturated rings. The number of amides is 2. The molecule has 0 radical (unpaired) electrons. The van der Waals surface area contributed by atoms with Gasteiger partial charge in [-0.3, -0.25) is 14.0 Å². The van der Waals surface area contributed by atoms with Crippen molar-refractivity contribution in [2.24, 2.45) is 0 Å². The van der Waals surface area contributed by atoms with Gasteiger partial charge in [-0.05, 0) is 45.2 Å². The molecule has 0 aliphatic heterocycles. The van der Waals surface area contributed by atoms with E-state index in [0.29, 0.717) is 18.7 Å². The molecule has 2 aromatic rings. The standard InChI is InChI=1S/C19H28N4O2/c1-4-14(2)21-17(24)11-6-5-8-12-20-19(25)18-15(3)22-16-10-7-9-13-23(16)18/h7,9-10,13-14H,4-6,8,11-12H2,1-3H3,(H,20,25)(H,21,24). The van der Waals surface area contributed by atoms with Gasteiger partial charge >= 0.3 is 0 Å². The van der Waals surface area contributed by atoms with Crippen molar-refractivity contribution in [2.45, 2.75) is 58.9 Å². The molecule has 25 heavy (non-hydrogen) atoms. The lowest BCUT2D eigenvalue weighted by atomic mass is 10.1. The van der Waals surface area contributed by atoms with Crippen LogP contribution in [0.2, 0.25) is 0 Å². The summed E-state index contributed by atoms with van der Waals surface area (Å²) in [6.45, 7) is 6.51. The maximum absolute atomic E-state index is 12.4. The highest BCUT2D eigenvalue weighted by molar-refractivity contribution is 5.94. The summed E-state index contributed by atoms with van der Waals surface area (Å²) in [5.74, 6) is 0.00505. The lowest BCUT2D eigenvalue weighted by Crippen LogP contribution is -2.31. The van der Waals surface area contributed by atoms with Gasteiger partial charge in [-0.15, -0.1) is 0 Å². The highest BCUT2D eigenvalue weighted by Gasteiger charge is 2.15. The fourth-order valence-electron chi connectivity index (χ4n) is 2.71. The molecule has 0 spiro atoms. The van der Waals surface area contributed by atoms with Crippen molar-refractivity contribution in [3.8, 4) is 0 Å². The van der Waals surface area contributed by atoms with Gasteiger partial charge in [0.15, 0.2) is 0 Å². The van der Waals surface area contributed by atoms with Gasteiger partial charge in [-0.25, -0.2) is 4.98 Å². The van der Waals surface area contributed by atoms with E-state index in [9.17, 15) is 9.59 Å². The molecule has 0 saturated carbocycles. The van der Waals surface area contributed by atoms with Crippen LogP contribution in [-0.4, -0.2) is 33.8 Å². The molecule has 1 atom stereocenters. The summed E-state index contributed by atoms with van der Waals surface area (Å²) in [7, 11) is 0. The molecule has 2 N–H and O–H groups in total. The number of nitrogens with one attached hydrogen (secondary N) is 2. The fraction of sp³-hybridized carbons (Fsp3) is 0.526. The molecule has 0 saturated heterocycles. The Balaban J connectivity index is 1.71. The number of rotatable bonds is 9. The lowest BCUT2D eigenvalue weighted by molar-refractivity contribution is -0.121. The van der Waals surface area contributed by atoms with Crippen LogP contribution in [0.15, 0.2) is 24.4 Å². The van der Waals surface area contributed by atoms with E-state index in [1.165, 1.54) is 0 Å². The second-order valence-corrected chi connectivity index (χ2v) is 6.42. The molecule has 0 aliphatic carbocycles. The van der Waals surface area contributed by atoms with E-state index < -0.39 is 0 Å². The minimum atomic E-state index is -0.106. The van der Waals surface area contributed by atoms with Crippen molar-refractivity contribution in [1.29, 1.82) is 0 Å². The summed E-state index contributed by atoms with van der Waals surface area (Å²) in [5, 5.41) is 5.91. The van der Waals surface area contributed by atoms with Crippen molar-refractivity contribution >= 4 is 17.5 Å². The van der Waals surface area contributed by atoms with Crippen molar-refractivity contribution in [1.82, 2.24) is 20.0 Å². The van der Waals surface area contributed by atoms with Crippen LogP contribution in [0.5, 0.6) is 0 Å². The first-order valence-corrected chi connectivity index (χ1v) is 9.04. The molecule has 2 rings (SSSR count). The molecule has 1 unspecified atom stereocenters. The lowest BCUT2D eigenvalue weighted by Gasteiger charge is -2.11. The van der Waals surface area contributed by atoms with E-state index in [0.717, 1.165) is 37.0 Å². The quantitative estimate of drug-likeness (QED) is 0.687. The smallest absolute Gasteiger partial charge is 0.270 e. The van der Waals surface area contributed by atoms with Crippen LogP contribution in [0.25, 0.3) is 5.65 Å². The SMILES string of the molecule is CCC(C)NC(=O)CCCCCNC(=O)c1c(C)nc2ccccn12. The van der Waals surface area contributed by atoms with Gasteiger partial charge in [-0.1, -0.05) is 19.4 Å². The molecule has 2 heterocycles. The molecule has 6 nitrogen and oxygen atoms in total. The van der Waals surface area contributed by atoms with Gasteiger partial charge in [0.25, 0.3) is 5.91 Å². The first-order valence-electron chi connectivity index (χ1n) is 9.04. The number of hydrogen-bond donors (Lipinski definition) is 2. The molecule has 2 amide bonds. The first kappa shape index (κ1) is 19.0. The zero-order chi connectivity index (χ0) is 18.2. The number of fused-ring (bicyclic) bond motifs is 1. The molecule has 0 bridgehead atoms. The predicted molar refractivity (Wildman–Crippen MR) is 98.6 cm³/mol. The van der Waals surface area contributed by atoms with Gasteiger partial charge in [0.1, 0.15) is 11.3 Å². The summed E-state index contributed by atoms with van der Waals surface area (Å²) in [6.07, 6.45) is 5.95. The van der Waals surface area contributed by atoms with Crippen LogP contribution in [0.3, 0.4) is 0 Å². The number of hydrogen-bond acceptors (Lipinski definition) is 3. The highest BCUT2D eigenvalue weighted by atomic mass is 16.2. The largest absolute Gasteiger partial charge is 0.354 e. The van der Waals surface area contributed by atoms with E-state index in [4.69, 9.17) is 0 Å². The minimum absolute atomic E-state index is 0.106. The van der Waals surface area contributed by atoms with Gasteiger partial charge in [-0.2, -0.15) is 0 Å². The van der Waals surface area contributed by atoms with E-state index in [2.05, 4.69) is 22.5 Å². The van der Waals surface area contributed by atoms with Crippen molar-refractivity contribution in [3.63, 3.8) is 0 Å². The Bertz CT molecular complexity index is 723. The molecule has 136 valence electrons. The zero-order valence-electron chi connectivity index (χ0n) is 15.3. The van der Waals surface area contributed by atoms with Crippen LogP contribution in [0.1, 0.15) is 62.1 Å². The Morgan fingerprint density at radius 2 is 2.04 bits per heavy atom. The Kier molecular flexibility index (Phi) is 6.98. The molecule has 6 heteroatoms. The number of nitrogens with zero attached hydrogens (tertiary/aromatic N) is 2. The van der Waals surface area contributed by atoms with Crippen LogP contribution < -0.4 is 10.6 Å². The maximum Gasteiger partial charge on any atom is 0.270 e. The third-order valence-corrected chi connectivity index (χ3v) is 4.31. The number of unbranched alkanes of at least 4 members (excludes halogenated alkanes) is 2. The second-order valence-electron chi connectivity index (χ2n) is 6.42. The van der Waals surface area contributed by atoms with Crippen LogP contribution in [0, 0.1) is 6.92 Å². The number of pyridine rings is 1. The molecule has 2 aromatic heterocycles. The number of aryl methyl sites for hydroxylation is 1. The fourth-order valence-corrected chi connectivity index (χ4v) is 2.71. The van der Waals surface area contributed by atoms with Crippen molar-refractivity contribution < 1.29 is 9.59 Å². The summed E-state index contributed by atoms with van der Waals surface area (Å²) >= 11 is 0. The van der Waals surface area contributed by atoms with Gasteiger partial charge in [0.05, 0.1) is 5.69 Å². The number of carbonyl (C=O) groups is 2. The van der Waals surface area contributed by atoms with Gasteiger partial charge in [0, 0.05) is 25.2 Å². The monoisotopic (exact) mass is 344 g/mol. The summed E-state index contributed by atoms with van der Waals surface area (Å²) in [6, 6.07) is 5.91.